The van der Waals surface area contributed by atoms with Gasteiger partial charge in [0, 0.05) is 33.4 Å². The molecule has 0 fully saturated rings. The van der Waals surface area contributed by atoms with Crippen LogP contribution in [0.3, 0.4) is 0 Å². The molecule has 4 rings (SSSR count). The molecule has 3 heterocycles. The van der Waals surface area contributed by atoms with Gasteiger partial charge in [0.1, 0.15) is 5.39 Å². The molecule has 0 unspecified atom stereocenters. The fraction of sp³-hybridized carbons (Fsp3) is 0.278. The standard InChI is InChI=1S/C18H18N4O2/c1-20-16-15(17(23)21(2)18(20)24)14(7-9-19-16)22-10-8-12-5-3-4-6-13(12)11-22/h3-7,9H,8,10-11H2,1-2H3. The first kappa shape index (κ1) is 14.7. The smallest absolute Gasteiger partial charge is 0.332 e. The van der Waals surface area contributed by atoms with Gasteiger partial charge in [-0.3, -0.25) is 13.9 Å². The lowest BCUT2D eigenvalue weighted by molar-refractivity contribution is 0.702. The van der Waals surface area contributed by atoms with Gasteiger partial charge in [0.25, 0.3) is 5.56 Å². The van der Waals surface area contributed by atoms with Crippen molar-refractivity contribution in [1.82, 2.24) is 14.1 Å². The quantitative estimate of drug-likeness (QED) is 0.675. The van der Waals surface area contributed by atoms with Crippen LogP contribution in [0.25, 0.3) is 11.0 Å². The molecule has 0 saturated heterocycles. The number of pyridine rings is 1. The summed E-state index contributed by atoms with van der Waals surface area (Å²) in [7, 11) is 3.15. The van der Waals surface area contributed by atoms with E-state index >= 15 is 0 Å². The highest BCUT2D eigenvalue weighted by Crippen LogP contribution is 2.27. The predicted molar refractivity (Wildman–Crippen MR) is 93.4 cm³/mol. The van der Waals surface area contributed by atoms with E-state index in [2.05, 4.69) is 28.1 Å². The number of fused-ring (bicyclic) bond motifs is 2. The Kier molecular flexibility index (Phi) is 3.26. The molecule has 0 radical (unpaired) electrons. The van der Waals surface area contributed by atoms with Gasteiger partial charge in [-0.05, 0) is 23.6 Å². The summed E-state index contributed by atoms with van der Waals surface area (Å²) >= 11 is 0. The summed E-state index contributed by atoms with van der Waals surface area (Å²) in [5.74, 6) is 0. The van der Waals surface area contributed by atoms with Crippen LogP contribution in [0.2, 0.25) is 0 Å². The van der Waals surface area contributed by atoms with E-state index in [1.54, 1.807) is 13.2 Å². The maximum absolute atomic E-state index is 12.7. The molecular weight excluding hydrogens is 304 g/mol. The Labute approximate surface area is 138 Å². The third-order valence-corrected chi connectivity index (χ3v) is 4.79. The van der Waals surface area contributed by atoms with Gasteiger partial charge in [-0.25, -0.2) is 9.78 Å². The van der Waals surface area contributed by atoms with Crippen LogP contribution in [-0.2, 0) is 27.1 Å². The summed E-state index contributed by atoms with van der Waals surface area (Å²) in [6.07, 6.45) is 2.60. The molecule has 0 amide bonds. The van der Waals surface area contributed by atoms with Crippen molar-refractivity contribution in [3.05, 3.63) is 68.5 Å². The SMILES string of the molecule is Cn1c(=O)c2c(N3CCc4ccccc4C3)ccnc2n(C)c1=O. The Balaban J connectivity index is 1.93. The van der Waals surface area contributed by atoms with Crippen LogP contribution < -0.4 is 16.1 Å². The van der Waals surface area contributed by atoms with Crippen molar-refractivity contribution < 1.29 is 0 Å². The molecule has 122 valence electrons. The molecule has 1 aromatic carbocycles. The van der Waals surface area contributed by atoms with E-state index < -0.39 is 0 Å². The lowest BCUT2D eigenvalue weighted by Crippen LogP contribution is -2.39. The monoisotopic (exact) mass is 322 g/mol. The van der Waals surface area contributed by atoms with Crippen molar-refractivity contribution in [2.24, 2.45) is 14.1 Å². The third kappa shape index (κ3) is 2.06. The van der Waals surface area contributed by atoms with Gasteiger partial charge in [0.15, 0.2) is 5.65 Å². The molecule has 6 heteroatoms. The Morgan fingerprint density at radius 2 is 1.75 bits per heavy atom. The second kappa shape index (κ2) is 5.33. The average molecular weight is 322 g/mol. The number of benzene rings is 1. The van der Waals surface area contributed by atoms with Crippen LogP contribution in [-0.4, -0.2) is 20.7 Å². The minimum atomic E-state index is -0.360. The molecule has 3 aromatic rings. The maximum Gasteiger partial charge on any atom is 0.332 e. The zero-order valence-electron chi connectivity index (χ0n) is 13.7. The van der Waals surface area contributed by atoms with Crippen molar-refractivity contribution in [3.63, 3.8) is 0 Å². The van der Waals surface area contributed by atoms with Gasteiger partial charge >= 0.3 is 5.69 Å². The zero-order valence-corrected chi connectivity index (χ0v) is 13.7. The molecule has 2 aromatic heterocycles. The normalized spacial score (nSPS) is 14.0. The highest BCUT2D eigenvalue weighted by atomic mass is 16.2. The van der Waals surface area contributed by atoms with Crippen LogP contribution in [0.1, 0.15) is 11.1 Å². The molecular formula is C18H18N4O2. The zero-order chi connectivity index (χ0) is 16.8. The van der Waals surface area contributed by atoms with E-state index in [0.717, 1.165) is 29.8 Å². The number of hydrogen-bond donors (Lipinski definition) is 0. The maximum atomic E-state index is 12.7. The first-order valence-corrected chi connectivity index (χ1v) is 7.94. The number of hydrogen-bond acceptors (Lipinski definition) is 4. The van der Waals surface area contributed by atoms with E-state index in [-0.39, 0.29) is 11.2 Å². The summed E-state index contributed by atoms with van der Waals surface area (Å²) in [4.78, 5) is 31.3. The van der Waals surface area contributed by atoms with Gasteiger partial charge in [0.2, 0.25) is 0 Å². The second-order valence-corrected chi connectivity index (χ2v) is 6.17. The number of aryl methyl sites for hydroxylation is 1. The minimum Gasteiger partial charge on any atom is -0.366 e. The molecule has 1 aliphatic rings. The largest absolute Gasteiger partial charge is 0.366 e. The van der Waals surface area contributed by atoms with Crippen molar-refractivity contribution in [2.75, 3.05) is 11.4 Å². The van der Waals surface area contributed by atoms with Crippen LogP contribution in [0.5, 0.6) is 0 Å². The van der Waals surface area contributed by atoms with Gasteiger partial charge in [0.05, 0.1) is 5.69 Å². The highest BCUT2D eigenvalue weighted by Gasteiger charge is 2.21. The second-order valence-electron chi connectivity index (χ2n) is 6.17. The molecule has 6 nitrogen and oxygen atoms in total. The van der Waals surface area contributed by atoms with E-state index in [0.29, 0.717) is 11.0 Å². The van der Waals surface area contributed by atoms with Crippen molar-refractivity contribution in [2.45, 2.75) is 13.0 Å². The first-order chi connectivity index (χ1) is 11.6. The molecule has 0 bridgehead atoms. The van der Waals surface area contributed by atoms with Gasteiger partial charge in [-0.2, -0.15) is 0 Å². The number of nitrogens with zero attached hydrogens (tertiary/aromatic N) is 4. The van der Waals surface area contributed by atoms with Crippen molar-refractivity contribution in [3.8, 4) is 0 Å². The van der Waals surface area contributed by atoms with Crippen molar-refractivity contribution in [1.29, 1.82) is 0 Å². The van der Waals surface area contributed by atoms with E-state index in [1.807, 2.05) is 12.1 Å². The molecule has 0 aliphatic carbocycles. The Morgan fingerprint density at radius 3 is 2.54 bits per heavy atom. The van der Waals surface area contributed by atoms with E-state index in [1.165, 1.54) is 22.7 Å². The van der Waals surface area contributed by atoms with Crippen LogP contribution in [0, 0.1) is 0 Å². The molecule has 0 atom stereocenters. The topological polar surface area (TPSA) is 60.1 Å². The van der Waals surface area contributed by atoms with Crippen molar-refractivity contribution >= 4 is 16.7 Å². The Hall–Kier alpha value is -2.89. The summed E-state index contributed by atoms with van der Waals surface area (Å²) in [6, 6.07) is 10.2. The molecule has 24 heavy (non-hydrogen) atoms. The molecule has 1 aliphatic heterocycles. The highest BCUT2D eigenvalue weighted by molar-refractivity contribution is 5.88. The fourth-order valence-corrected chi connectivity index (χ4v) is 3.44. The van der Waals surface area contributed by atoms with Gasteiger partial charge in [-0.15, -0.1) is 0 Å². The van der Waals surface area contributed by atoms with Gasteiger partial charge < -0.3 is 4.90 Å². The lowest BCUT2D eigenvalue weighted by atomic mass is 9.99. The number of anilines is 1. The van der Waals surface area contributed by atoms with Crippen LogP contribution in [0.15, 0.2) is 46.1 Å². The first-order valence-electron chi connectivity index (χ1n) is 7.94. The Morgan fingerprint density at radius 1 is 1.00 bits per heavy atom. The number of aromatic nitrogens is 3. The van der Waals surface area contributed by atoms with E-state index in [9.17, 15) is 9.59 Å². The lowest BCUT2D eigenvalue weighted by Gasteiger charge is -2.31. The average Bonchev–Trinajstić information content (AvgIpc) is 2.63. The third-order valence-electron chi connectivity index (χ3n) is 4.79. The minimum absolute atomic E-state index is 0.296. The summed E-state index contributed by atoms with van der Waals surface area (Å²) in [5.41, 5.74) is 3.24. The summed E-state index contributed by atoms with van der Waals surface area (Å²) in [6.45, 7) is 1.59. The number of rotatable bonds is 1. The van der Waals surface area contributed by atoms with Gasteiger partial charge in [-0.1, -0.05) is 24.3 Å². The van der Waals surface area contributed by atoms with Crippen LogP contribution in [0.4, 0.5) is 5.69 Å². The summed E-state index contributed by atoms with van der Waals surface area (Å²) in [5, 5.41) is 0.501. The fourth-order valence-electron chi connectivity index (χ4n) is 3.44. The van der Waals surface area contributed by atoms with E-state index in [4.69, 9.17) is 0 Å². The molecule has 0 saturated carbocycles. The Bertz CT molecular complexity index is 1060. The predicted octanol–water partition coefficient (Wildman–Crippen LogP) is 1.19. The van der Waals surface area contributed by atoms with Crippen LogP contribution >= 0.6 is 0 Å². The molecule has 0 spiro atoms. The molecule has 0 N–H and O–H groups in total. The summed E-state index contributed by atoms with van der Waals surface area (Å²) < 4.78 is 2.57.